The van der Waals surface area contributed by atoms with Gasteiger partial charge in [-0.15, -0.1) is 0 Å². The summed E-state index contributed by atoms with van der Waals surface area (Å²) in [5, 5.41) is 7.05. The van der Waals surface area contributed by atoms with E-state index in [9.17, 15) is 9.59 Å². The fourth-order valence-electron chi connectivity index (χ4n) is 4.84. The average molecular weight is 441 g/mol. The lowest BCUT2D eigenvalue weighted by Gasteiger charge is -2.36. The molecule has 0 amide bonds. The molecule has 3 rings (SSSR count). The summed E-state index contributed by atoms with van der Waals surface area (Å²) in [5.41, 5.74) is 2.76. The lowest BCUT2D eigenvalue weighted by atomic mass is 9.75. The molecule has 2 heterocycles. The molecule has 1 aromatic carbocycles. The molecule has 0 aliphatic carbocycles. The van der Waals surface area contributed by atoms with E-state index in [-0.39, 0.29) is 24.7 Å². The number of esters is 2. The Morgan fingerprint density at radius 1 is 1.03 bits per heavy atom. The molecule has 0 spiro atoms. The Balaban J connectivity index is 2.28. The van der Waals surface area contributed by atoms with Gasteiger partial charge in [0.25, 0.3) is 0 Å². The van der Waals surface area contributed by atoms with Crippen molar-refractivity contribution < 1.29 is 19.1 Å². The van der Waals surface area contributed by atoms with Gasteiger partial charge in [-0.1, -0.05) is 23.8 Å². The SMILES string of the molecule is CCOC(=O)C=C1NC(C)(C)CC1(C(=O)OCC)C1=Cc2cc(C)ccc2CC(C)(C)N1. The quantitative estimate of drug-likeness (QED) is 0.532. The molecule has 1 fully saturated rings. The molecule has 174 valence electrons. The number of fused-ring (bicyclic) bond motifs is 1. The highest BCUT2D eigenvalue weighted by Crippen LogP contribution is 2.49. The fraction of sp³-hybridized carbons (Fsp3) is 0.538. The number of ether oxygens (including phenoxy) is 2. The number of benzene rings is 1. The average Bonchev–Trinajstić information content (AvgIpc) is 2.85. The van der Waals surface area contributed by atoms with E-state index in [2.05, 4.69) is 55.7 Å². The summed E-state index contributed by atoms with van der Waals surface area (Å²) in [6.07, 6.45) is 4.71. The van der Waals surface area contributed by atoms with E-state index in [1.807, 2.05) is 13.8 Å². The third kappa shape index (κ3) is 4.69. The lowest BCUT2D eigenvalue weighted by Crippen LogP contribution is -2.48. The molecule has 2 aliphatic heterocycles. The van der Waals surface area contributed by atoms with Crippen molar-refractivity contribution in [1.29, 1.82) is 0 Å². The minimum absolute atomic E-state index is 0.250. The molecule has 2 aliphatic rings. The number of hydrogen-bond donors (Lipinski definition) is 2. The fourth-order valence-corrected chi connectivity index (χ4v) is 4.84. The van der Waals surface area contributed by atoms with Gasteiger partial charge in [-0.25, -0.2) is 4.79 Å². The van der Waals surface area contributed by atoms with Gasteiger partial charge in [-0.2, -0.15) is 0 Å². The van der Waals surface area contributed by atoms with E-state index >= 15 is 0 Å². The van der Waals surface area contributed by atoms with Crippen molar-refractivity contribution in [2.45, 2.75) is 72.4 Å². The van der Waals surface area contributed by atoms with E-state index < -0.39 is 16.9 Å². The van der Waals surface area contributed by atoms with Crippen molar-refractivity contribution in [2.24, 2.45) is 5.41 Å². The molecule has 1 saturated heterocycles. The molecule has 1 atom stereocenters. The highest BCUT2D eigenvalue weighted by atomic mass is 16.5. The van der Waals surface area contributed by atoms with Crippen LogP contribution in [0, 0.1) is 12.3 Å². The summed E-state index contributed by atoms with van der Waals surface area (Å²) in [6.45, 7) is 14.4. The predicted molar refractivity (Wildman–Crippen MR) is 126 cm³/mol. The van der Waals surface area contributed by atoms with E-state index in [1.165, 1.54) is 11.6 Å². The molecular weight excluding hydrogens is 404 g/mol. The van der Waals surface area contributed by atoms with Gasteiger partial charge in [0.15, 0.2) is 0 Å². The van der Waals surface area contributed by atoms with Crippen LogP contribution in [0.2, 0.25) is 0 Å². The van der Waals surface area contributed by atoms with Gasteiger partial charge in [0.2, 0.25) is 0 Å². The molecule has 0 radical (unpaired) electrons. The van der Waals surface area contributed by atoms with Crippen molar-refractivity contribution in [2.75, 3.05) is 13.2 Å². The van der Waals surface area contributed by atoms with Crippen molar-refractivity contribution in [3.8, 4) is 0 Å². The first-order chi connectivity index (χ1) is 14.9. The zero-order chi connectivity index (χ0) is 23.7. The highest BCUT2D eigenvalue weighted by Gasteiger charge is 2.57. The van der Waals surface area contributed by atoms with Crippen molar-refractivity contribution >= 4 is 18.0 Å². The third-order valence-corrected chi connectivity index (χ3v) is 5.98. The van der Waals surface area contributed by atoms with Crippen LogP contribution in [0.5, 0.6) is 0 Å². The smallest absolute Gasteiger partial charge is 0.332 e. The molecule has 0 bridgehead atoms. The second-order valence-corrected chi connectivity index (χ2v) is 10.1. The zero-order valence-electron chi connectivity index (χ0n) is 20.3. The van der Waals surface area contributed by atoms with E-state index in [4.69, 9.17) is 9.47 Å². The number of aryl methyl sites for hydroxylation is 1. The molecule has 0 aromatic heterocycles. The first kappa shape index (κ1) is 23.9. The summed E-state index contributed by atoms with van der Waals surface area (Å²) in [7, 11) is 0. The van der Waals surface area contributed by atoms with Gasteiger partial charge < -0.3 is 20.1 Å². The molecule has 32 heavy (non-hydrogen) atoms. The largest absolute Gasteiger partial charge is 0.465 e. The summed E-state index contributed by atoms with van der Waals surface area (Å²) in [4.78, 5) is 26.1. The topological polar surface area (TPSA) is 76.7 Å². The van der Waals surface area contributed by atoms with Crippen molar-refractivity contribution in [3.63, 3.8) is 0 Å². The number of hydrogen-bond acceptors (Lipinski definition) is 6. The van der Waals surface area contributed by atoms with Crippen LogP contribution in [0.4, 0.5) is 0 Å². The Labute approximate surface area is 191 Å². The minimum atomic E-state index is -1.17. The van der Waals surface area contributed by atoms with E-state index in [1.54, 1.807) is 13.8 Å². The molecule has 0 saturated carbocycles. The number of carbonyl (C=O) groups excluding carboxylic acids is 2. The van der Waals surface area contributed by atoms with Crippen LogP contribution < -0.4 is 10.6 Å². The Kier molecular flexibility index (Phi) is 6.45. The second-order valence-electron chi connectivity index (χ2n) is 10.1. The summed E-state index contributed by atoms with van der Waals surface area (Å²) < 4.78 is 10.8. The minimum Gasteiger partial charge on any atom is -0.465 e. The van der Waals surface area contributed by atoms with Crippen LogP contribution in [0.25, 0.3) is 6.08 Å². The molecule has 1 aromatic rings. The number of nitrogens with one attached hydrogen (secondary N) is 2. The summed E-state index contributed by atoms with van der Waals surface area (Å²) in [6, 6.07) is 6.40. The zero-order valence-corrected chi connectivity index (χ0v) is 20.3. The standard InChI is InChI=1S/C26H36N2O4/c1-8-31-22(29)14-21-26(23(30)32-9-2,16-25(6,7)28-21)20-13-19-12-17(3)10-11-18(19)15-24(4,5)27-20/h10-14,27-28H,8-9,15-16H2,1-7H3. The van der Waals surface area contributed by atoms with E-state index in [0.29, 0.717) is 12.1 Å². The van der Waals surface area contributed by atoms with Crippen LogP contribution >= 0.6 is 0 Å². The van der Waals surface area contributed by atoms with Crippen molar-refractivity contribution in [1.82, 2.24) is 10.6 Å². The van der Waals surface area contributed by atoms with Crippen LogP contribution in [0.1, 0.15) is 64.7 Å². The molecule has 6 heteroatoms. The van der Waals surface area contributed by atoms with Crippen LogP contribution in [0.3, 0.4) is 0 Å². The van der Waals surface area contributed by atoms with Gasteiger partial charge in [0.05, 0.1) is 13.2 Å². The summed E-state index contributed by atoms with van der Waals surface area (Å²) in [5.74, 6) is -0.856. The maximum absolute atomic E-state index is 13.7. The van der Waals surface area contributed by atoms with Gasteiger partial charge in [-0.3, -0.25) is 4.79 Å². The Bertz CT molecular complexity index is 974. The first-order valence-electron chi connectivity index (χ1n) is 11.4. The lowest BCUT2D eigenvalue weighted by molar-refractivity contribution is -0.151. The number of carbonyl (C=O) groups is 2. The van der Waals surface area contributed by atoms with Crippen LogP contribution in [0.15, 0.2) is 35.7 Å². The predicted octanol–water partition coefficient (Wildman–Crippen LogP) is 4.03. The van der Waals surface area contributed by atoms with Crippen LogP contribution in [-0.4, -0.2) is 36.2 Å². The monoisotopic (exact) mass is 440 g/mol. The maximum Gasteiger partial charge on any atom is 0.332 e. The molecule has 1 unspecified atom stereocenters. The van der Waals surface area contributed by atoms with Gasteiger partial charge in [0.1, 0.15) is 5.41 Å². The van der Waals surface area contributed by atoms with Gasteiger partial charge in [0, 0.05) is 28.5 Å². The molecular formula is C26H36N2O4. The first-order valence-corrected chi connectivity index (χ1v) is 11.4. The normalized spacial score (nSPS) is 24.5. The Morgan fingerprint density at radius 3 is 2.38 bits per heavy atom. The highest BCUT2D eigenvalue weighted by molar-refractivity contribution is 5.91. The number of rotatable bonds is 5. The van der Waals surface area contributed by atoms with E-state index in [0.717, 1.165) is 23.2 Å². The van der Waals surface area contributed by atoms with Crippen LogP contribution in [-0.2, 0) is 25.5 Å². The Hall–Kier alpha value is -2.76. The second kappa shape index (κ2) is 8.64. The van der Waals surface area contributed by atoms with Crippen molar-refractivity contribution in [3.05, 3.63) is 52.4 Å². The van der Waals surface area contributed by atoms with Gasteiger partial charge in [-0.05, 0) is 78.5 Å². The maximum atomic E-state index is 13.7. The molecule has 2 N–H and O–H groups in total. The summed E-state index contributed by atoms with van der Waals surface area (Å²) >= 11 is 0. The Morgan fingerprint density at radius 2 is 1.72 bits per heavy atom. The molecule has 6 nitrogen and oxygen atoms in total. The van der Waals surface area contributed by atoms with Gasteiger partial charge >= 0.3 is 11.9 Å². The third-order valence-electron chi connectivity index (χ3n) is 5.98.